The van der Waals surface area contributed by atoms with Crippen molar-refractivity contribution in [1.82, 2.24) is 10.6 Å². The van der Waals surface area contributed by atoms with Gasteiger partial charge in [0.25, 0.3) is 0 Å². The molecular weight excluding hydrogens is 340 g/mol. The zero-order valence-corrected chi connectivity index (χ0v) is 14.8. The Morgan fingerprint density at radius 1 is 1.32 bits per heavy atom. The minimum atomic E-state index is 0.115. The number of halogens is 1. The van der Waals surface area contributed by atoms with Crippen LogP contribution in [0.25, 0.3) is 0 Å². The average molecular weight is 365 g/mol. The molecule has 1 saturated heterocycles. The van der Waals surface area contributed by atoms with Gasteiger partial charge in [-0.15, -0.1) is 0 Å². The zero-order chi connectivity index (χ0) is 15.6. The Bertz CT molecular complexity index is 518. The molecule has 1 aliphatic carbocycles. The van der Waals surface area contributed by atoms with Crippen molar-refractivity contribution in [3.8, 4) is 0 Å². The highest BCUT2D eigenvalue weighted by Crippen LogP contribution is 2.41. The van der Waals surface area contributed by atoms with Crippen LogP contribution in [-0.4, -0.2) is 25.5 Å². The lowest BCUT2D eigenvalue weighted by Gasteiger charge is -2.34. The summed E-state index contributed by atoms with van der Waals surface area (Å²) in [6.45, 7) is 4.79. The average Bonchev–Trinajstić information content (AvgIpc) is 2.93. The third kappa shape index (κ3) is 3.23. The summed E-state index contributed by atoms with van der Waals surface area (Å²) in [4.78, 5) is 12.4. The zero-order valence-electron chi connectivity index (χ0n) is 13.2. The molecule has 1 aromatic rings. The standard InChI is InChI=1S/C18H25BrN2O/c1-13(14-10-20-11-14)17(22)21-12-18(8-2-3-9-18)15-4-6-16(19)7-5-15/h4-7,13-14,20H,2-3,8-12H2,1H3,(H,21,22). The van der Waals surface area contributed by atoms with Crippen LogP contribution in [-0.2, 0) is 10.2 Å². The normalized spacial score (nSPS) is 22.1. The first-order valence-electron chi connectivity index (χ1n) is 8.35. The number of carbonyl (C=O) groups excluding carboxylic acids is 1. The number of hydrogen-bond acceptors (Lipinski definition) is 2. The molecule has 22 heavy (non-hydrogen) atoms. The van der Waals surface area contributed by atoms with Gasteiger partial charge in [0.05, 0.1) is 0 Å². The van der Waals surface area contributed by atoms with E-state index in [0.717, 1.165) is 24.1 Å². The largest absolute Gasteiger partial charge is 0.355 e. The van der Waals surface area contributed by atoms with E-state index in [1.165, 1.54) is 31.2 Å². The fourth-order valence-electron chi connectivity index (χ4n) is 3.72. The van der Waals surface area contributed by atoms with Crippen LogP contribution in [0.5, 0.6) is 0 Å². The molecule has 2 N–H and O–H groups in total. The van der Waals surface area contributed by atoms with Crippen molar-refractivity contribution in [3.05, 3.63) is 34.3 Å². The molecule has 120 valence electrons. The molecule has 1 atom stereocenters. The fourth-order valence-corrected chi connectivity index (χ4v) is 3.98. The fraction of sp³-hybridized carbons (Fsp3) is 0.611. The van der Waals surface area contributed by atoms with Crippen LogP contribution in [0, 0.1) is 11.8 Å². The quantitative estimate of drug-likeness (QED) is 0.841. The molecule has 0 radical (unpaired) electrons. The SMILES string of the molecule is CC(C(=O)NCC1(c2ccc(Br)cc2)CCCC1)C1CNC1. The molecule has 2 fully saturated rings. The van der Waals surface area contributed by atoms with E-state index < -0.39 is 0 Å². The van der Waals surface area contributed by atoms with Gasteiger partial charge in [-0.05, 0) is 49.5 Å². The first-order chi connectivity index (χ1) is 10.6. The van der Waals surface area contributed by atoms with E-state index in [1.54, 1.807) is 0 Å². The van der Waals surface area contributed by atoms with Gasteiger partial charge in [-0.3, -0.25) is 4.79 Å². The summed E-state index contributed by atoms with van der Waals surface area (Å²) in [6, 6.07) is 8.64. The van der Waals surface area contributed by atoms with Gasteiger partial charge in [-0.25, -0.2) is 0 Å². The maximum atomic E-state index is 12.4. The summed E-state index contributed by atoms with van der Waals surface area (Å²) in [5, 5.41) is 6.50. The number of nitrogens with one attached hydrogen (secondary N) is 2. The Kier molecular flexibility index (Phi) is 4.88. The Balaban J connectivity index is 1.66. The van der Waals surface area contributed by atoms with Gasteiger partial charge < -0.3 is 10.6 Å². The molecule has 1 unspecified atom stereocenters. The third-order valence-electron chi connectivity index (χ3n) is 5.55. The highest BCUT2D eigenvalue weighted by Gasteiger charge is 2.37. The smallest absolute Gasteiger partial charge is 0.223 e. The Labute approximate surface area is 141 Å². The number of amides is 1. The van der Waals surface area contributed by atoms with Crippen molar-refractivity contribution in [3.63, 3.8) is 0 Å². The monoisotopic (exact) mass is 364 g/mol. The molecule has 4 heteroatoms. The van der Waals surface area contributed by atoms with Crippen LogP contribution < -0.4 is 10.6 Å². The second kappa shape index (κ2) is 6.71. The van der Waals surface area contributed by atoms with Crippen molar-refractivity contribution >= 4 is 21.8 Å². The molecule has 1 heterocycles. The van der Waals surface area contributed by atoms with Crippen LogP contribution in [0.4, 0.5) is 0 Å². The van der Waals surface area contributed by atoms with E-state index in [1.807, 2.05) is 0 Å². The summed E-state index contributed by atoms with van der Waals surface area (Å²) in [7, 11) is 0. The third-order valence-corrected chi connectivity index (χ3v) is 6.08. The van der Waals surface area contributed by atoms with Gasteiger partial charge in [-0.1, -0.05) is 47.8 Å². The summed E-state index contributed by atoms with van der Waals surface area (Å²) in [5.41, 5.74) is 1.50. The minimum absolute atomic E-state index is 0.115. The van der Waals surface area contributed by atoms with E-state index in [0.29, 0.717) is 5.92 Å². The maximum Gasteiger partial charge on any atom is 0.223 e. The van der Waals surface area contributed by atoms with E-state index in [4.69, 9.17) is 0 Å². The molecule has 2 aliphatic rings. The molecule has 3 rings (SSSR count). The second-order valence-electron chi connectivity index (χ2n) is 6.92. The minimum Gasteiger partial charge on any atom is -0.355 e. The number of carbonyl (C=O) groups is 1. The lowest BCUT2D eigenvalue weighted by Crippen LogP contribution is -2.51. The molecule has 1 aromatic carbocycles. The molecule has 0 aromatic heterocycles. The Morgan fingerprint density at radius 3 is 2.50 bits per heavy atom. The van der Waals surface area contributed by atoms with Gasteiger partial charge in [0.2, 0.25) is 5.91 Å². The lowest BCUT2D eigenvalue weighted by molar-refractivity contribution is -0.127. The topological polar surface area (TPSA) is 41.1 Å². The van der Waals surface area contributed by atoms with Crippen LogP contribution >= 0.6 is 15.9 Å². The predicted molar refractivity (Wildman–Crippen MR) is 92.8 cm³/mol. The van der Waals surface area contributed by atoms with Crippen molar-refractivity contribution in [2.24, 2.45) is 11.8 Å². The van der Waals surface area contributed by atoms with Crippen LogP contribution in [0.15, 0.2) is 28.7 Å². The van der Waals surface area contributed by atoms with Crippen molar-refractivity contribution in [2.75, 3.05) is 19.6 Å². The van der Waals surface area contributed by atoms with E-state index in [2.05, 4.69) is 57.8 Å². The highest BCUT2D eigenvalue weighted by atomic mass is 79.9. The van der Waals surface area contributed by atoms with Gasteiger partial charge in [0.1, 0.15) is 0 Å². The molecule has 3 nitrogen and oxygen atoms in total. The van der Waals surface area contributed by atoms with E-state index in [9.17, 15) is 4.79 Å². The molecular formula is C18H25BrN2O. The first-order valence-corrected chi connectivity index (χ1v) is 9.14. The van der Waals surface area contributed by atoms with Gasteiger partial charge in [0.15, 0.2) is 0 Å². The molecule has 0 spiro atoms. The van der Waals surface area contributed by atoms with Crippen LogP contribution in [0.1, 0.15) is 38.2 Å². The number of hydrogen-bond donors (Lipinski definition) is 2. The summed E-state index contributed by atoms with van der Waals surface area (Å²) in [6.07, 6.45) is 4.87. The molecule has 1 saturated carbocycles. The van der Waals surface area contributed by atoms with Crippen molar-refractivity contribution in [1.29, 1.82) is 0 Å². The van der Waals surface area contributed by atoms with Gasteiger partial charge in [-0.2, -0.15) is 0 Å². The number of benzene rings is 1. The summed E-state index contributed by atoms with van der Waals surface area (Å²) < 4.78 is 1.11. The maximum absolute atomic E-state index is 12.4. The first kappa shape index (κ1) is 16.0. The highest BCUT2D eigenvalue weighted by molar-refractivity contribution is 9.10. The Hall–Kier alpha value is -0.870. The summed E-state index contributed by atoms with van der Waals surface area (Å²) in [5.74, 6) is 0.840. The van der Waals surface area contributed by atoms with Crippen molar-refractivity contribution < 1.29 is 4.79 Å². The summed E-state index contributed by atoms with van der Waals surface area (Å²) >= 11 is 3.51. The predicted octanol–water partition coefficient (Wildman–Crippen LogP) is 3.23. The van der Waals surface area contributed by atoms with Crippen molar-refractivity contribution in [2.45, 2.75) is 38.0 Å². The molecule has 0 bridgehead atoms. The van der Waals surface area contributed by atoms with Crippen LogP contribution in [0.2, 0.25) is 0 Å². The van der Waals surface area contributed by atoms with E-state index >= 15 is 0 Å². The second-order valence-corrected chi connectivity index (χ2v) is 7.83. The van der Waals surface area contributed by atoms with E-state index in [-0.39, 0.29) is 17.2 Å². The van der Waals surface area contributed by atoms with Gasteiger partial charge in [0, 0.05) is 22.4 Å². The lowest BCUT2D eigenvalue weighted by atomic mass is 9.78. The molecule has 1 aliphatic heterocycles. The van der Waals surface area contributed by atoms with Gasteiger partial charge >= 0.3 is 0 Å². The Morgan fingerprint density at radius 2 is 1.95 bits per heavy atom. The number of rotatable bonds is 5. The van der Waals surface area contributed by atoms with Crippen LogP contribution in [0.3, 0.4) is 0 Å². The molecule has 1 amide bonds.